The van der Waals surface area contributed by atoms with E-state index in [-0.39, 0.29) is 19.1 Å². The van der Waals surface area contributed by atoms with Gasteiger partial charge in [-0.2, -0.15) is 0 Å². The topological polar surface area (TPSA) is 132 Å². The van der Waals surface area contributed by atoms with Crippen molar-refractivity contribution in [1.29, 1.82) is 0 Å². The molecule has 0 bridgehead atoms. The van der Waals surface area contributed by atoms with Crippen LogP contribution in [-0.4, -0.2) is 83.2 Å². The summed E-state index contributed by atoms with van der Waals surface area (Å²) >= 11 is 0. The molecule has 1 amide bonds. The minimum Gasteiger partial charge on any atom is -0.394 e. The lowest BCUT2D eigenvalue weighted by atomic mass is 9.97. The molecule has 0 radical (unpaired) electrons. The molecule has 0 heterocycles. The number of benzene rings is 2. The number of anilines is 1. The molecule has 31 heavy (non-hydrogen) atoms. The molecule has 5 N–H and O–H groups in total. The van der Waals surface area contributed by atoms with Crippen LogP contribution in [0.3, 0.4) is 0 Å². The third-order valence-electron chi connectivity index (χ3n) is 4.41. The minimum atomic E-state index is -0.278. The van der Waals surface area contributed by atoms with Crippen molar-refractivity contribution >= 4 is 28.7 Å². The minimum absolute atomic E-state index is 0.0253. The van der Waals surface area contributed by atoms with Crippen molar-refractivity contribution in [3.63, 3.8) is 0 Å². The molecule has 0 aliphatic heterocycles. The smallest absolute Gasteiger partial charge is 0.252 e. The van der Waals surface area contributed by atoms with E-state index in [0.29, 0.717) is 69.2 Å². The molecule has 0 aromatic heterocycles. The number of nitrogens with one attached hydrogen (secondary N) is 2. The van der Waals surface area contributed by atoms with Crippen molar-refractivity contribution in [3.8, 4) is 0 Å². The summed E-state index contributed by atoms with van der Waals surface area (Å²) in [4.78, 5) is 24.4. The maximum Gasteiger partial charge on any atom is 0.252 e. The zero-order chi connectivity index (χ0) is 22.3. The fourth-order valence-corrected chi connectivity index (χ4v) is 3.04. The van der Waals surface area contributed by atoms with Crippen LogP contribution in [0.15, 0.2) is 30.3 Å². The van der Waals surface area contributed by atoms with Gasteiger partial charge in [-0.15, -0.1) is 0 Å². The van der Waals surface area contributed by atoms with Gasteiger partial charge in [0.05, 0.1) is 46.2 Å². The molecule has 2 aromatic carbocycles. The van der Waals surface area contributed by atoms with Gasteiger partial charge in [-0.05, 0) is 18.2 Å². The van der Waals surface area contributed by atoms with E-state index in [1.165, 1.54) is 0 Å². The fraction of sp³-hybridized carbons (Fsp3) is 0.455. The zero-order valence-electron chi connectivity index (χ0n) is 17.6. The van der Waals surface area contributed by atoms with Gasteiger partial charge in [0.1, 0.15) is 0 Å². The average molecular weight is 434 g/mol. The van der Waals surface area contributed by atoms with Crippen LogP contribution in [0.4, 0.5) is 5.69 Å². The summed E-state index contributed by atoms with van der Waals surface area (Å²) in [5, 5.41) is 16.2. The maximum atomic E-state index is 12.8. The Labute approximate surface area is 181 Å². The van der Waals surface area contributed by atoms with E-state index in [9.17, 15) is 9.59 Å². The number of fused-ring (bicyclic) bond motifs is 1. The molecule has 0 aliphatic rings. The SMILES string of the molecule is NCCOCCOCCNC(=O)c1cccc2c(NCCOCCO)ccc(C=O)c12. The molecular formula is C22H31N3O6. The standard InChI is InChI=1S/C22H31N3O6/c23-6-10-29-14-15-31-12-8-25-22(28)19-3-1-2-18-20(24-7-11-30-13-9-26)5-4-17(16-27)21(18)19/h1-5,16,24,26H,6-15,23H2,(H,25,28). The number of hydrogen-bond donors (Lipinski definition) is 4. The van der Waals surface area contributed by atoms with E-state index in [2.05, 4.69) is 10.6 Å². The number of aliphatic hydroxyl groups excluding tert-OH is 1. The number of aliphatic hydroxyl groups is 1. The van der Waals surface area contributed by atoms with Gasteiger partial charge < -0.3 is 35.7 Å². The van der Waals surface area contributed by atoms with Crippen molar-refractivity contribution in [3.05, 3.63) is 41.5 Å². The Morgan fingerprint density at radius 3 is 2.45 bits per heavy atom. The highest BCUT2D eigenvalue weighted by atomic mass is 16.5. The van der Waals surface area contributed by atoms with E-state index in [1.54, 1.807) is 24.3 Å². The highest BCUT2D eigenvalue weighted by Crippen LogP contribution is 2.29. The largest absolute Gasteiger partial charge is 0.394 e. The summed E-state index contributed by atoms with van der Waals surface area (Å²) in [5.41, 5.74) is 7.00. The van der Waals surface area contributed by atoms with Crippen LogP contribution in [0.5, 0.6) is 0 Å². The van der Waals surface area contributed by atoms with E-state index in [4.69, 9.17) is 25.1 Å². The van der Waals surface area contributed by atoms with Gasteiger partial charge in [-0.25, -0.2) is 0 Å². The number of amides is 1. The lowest BCUT2D eigenvalue weighted by molar-refractivity contribution is 0.0511. The lowest BCUT2D eigenvalue weighted by Crippen LogP contribution is -2.28. The molecule has 0 atom stereocenters. The number of nitrogens with two attached hydrogens (primary N) is 1. The number of ether oxygens (including phenoxy) is 3. The first-order valence-electron chi connectivity index (χ1n) is 10.3. The maximum absolute atomic E-state index is 12.8. The first kappa shape index (κ1) is 24.7. The summed E-state index contributed by atoms with van der Waals surface area (Å²) in [5.74, 6) is -0.278. The Morgan fingerprint density at radius 2 is 1.71 bits per heavy atom. The highest BCUT2D eigenvalue weighted by molar-refractivity contribution is 6.15. The molecule has 170 valence electrons. The monoisotopic (exact) mass is 433 g/mol. The van der Waals surface area contributed by atoms with Crippen LogP contribution in [0.2, 0.25) is 0 Å². The van der Waals surface area contributed by atoms with Crippen molar-refractivity contribution in [2.24, 2.45) is 5.73 Å². The third-order valence-corrected chi connectivity index (χ3v) is 4.41. The molecule has 0 unspecified atom stereocenters. The van der Waals surface area contributed by atoms with Crippen molar-refractivity contribution in [2.45, 2.75) is 0 Å². The Balaban J connectivity index is 2.01. The first-order valence-corrected chi connectivity index (χ1v) is 10.3. The highest BCUT2D eigenvalue weighted by Gasteiger charge is 2.15. The van der Waals surface area contributed by atoms with Crippen molar-refractivity contribution in [1.82, 2.24) is 5.32 Å². The molecular weight excluding hydrogens is 402 g/mol. The molecule has 9 nitrogen and oxygen atoms in total. The molecule has 0 aliphatic carbocycles. The Morgan fingerprint density at radius 1 is 0.968 bits per heavy atom. The summed E-state index contributed by atoms with van der Waals surface area (Å²) in [6.45, 7) is 3.74. The predicted molar refractivity (Wildman–Crippen MR) is 119 cm³/mol. The van der Waals surface area contributed by atoms with Crippen LogP contribution in [-0.2, 0) is 14.2 Å². The van der Waals surface area contributed by atoms with Gasteiger partial charge >= 0.3 is 0 Å². The van der Waals surface area contributed by atoms with Gasteiger partial charge in [-0.1, -0.05) is 12.1 Å². The number of carbonyl (C=O) groups excluding carboxylic acids is 2. The molecule has 0 saturated carbocycles. The molecule has 0 fully saturated rings. The molecule has 2 aromatic rings. The van der Waals surface area contributed by atoms with E-state index in [1.807, 2.05) is 6.07 Å². The zero-order valence-corrected chi connectivity index (χ0v) is 17.6. The summed E-state index contributed by atoms with van der Waals surface area (Å²) in [6.07, 6.45) is 0.748. The third kappa shape index (κ3) is 7.89. The van der Waals surface area contributed by atoms with Crippen LogP contribution < -0.4 is 16.4 Å². The van der Waals surface area contributed by atoms with Crippen LogP contribution in [0.25, 0.3) is 10.8 Å². The van der Waals surface area contributed by atoms with Gasteiger partial charge in [0.25, 0.3) is 5.91 Å². The van der Waals surface area contributed by atoms with E-state index in [0.717, 1.165) is 17.4 Å². The second kappa shape index (κ2) is 14.4. The van der Waals surface area contributed by atoms with Crippen molar-refractivity contribution < 1.29 is 28.9 Å². The van der Waals surface area contributed by atoms with Gasteiger partial charge in [0, 0.05) is 47.2 Å². The number of carbonyl (C=O) groups is 2. The second-order valence-corrected chi connectivity index (χ2v) is 6.58. The molecule has 0 saturated heterocycles. The average Bonchev–Trinajstić information content (AvgIpc) is 2.80. The summed E-state index contributed by atoms with van der Waals surface area (Å²) in [7, 11) is 0. The van der Waals surface area contributed by atoms with E-state index < -0.39 is 0 Å². The lowest BCUT2D eigenvalue weighted by Gasteiger charge is -2.14. The van der Waals surface area contributed by atoms with E-state index >= 15 is 0 Å². The summed E-state index contributed by atoms with van der Waals surface area (Å²) in [6, 6.07) is 8.83. The molecule has 2 rings (SSSR count). The van der Waals surface area contributed by atoms with Gasteiger partial charge in [0.2, 0.25) is 0 Å². The second-order valence-electron chi connectivity index (χ2n) is 6.58. The Bertz CT molecular complexity index is 830. The number of aldehydes is 1. The van der Waals surface area contributed by atoms with Gasteiger partial charge in [0.15, 0.2) is 6.29 Å². The van der Waals surface area contributed by atoms with Crippen molar-refractivity contribution in [2.75, 3.05) is 71.2 Å². The Hall–Kier alpha value is -2.56. The quantitative estimate of drug-likeness (QED) is 0.226. The Kier molecular flexibility index (Phi) is 11.5. The molecule has 0 spiro atoms. The fourth-order valence-electron chi connectivity index (χ4n) is 3.04. The van der Waals surface area contributed by atoms with Crippen LogP contribution in [0, 0.1) is 0 Å². The summed E-state index contributed by atoms with van der Waals surface area (Å²) < 4.78 is 15.9. The molecule has 9 heteroatoms. The van der Waals surface area contributed by atoms with Crippen LogP contribution >= 0.6 is 0 Å². The normalized spacial score (nSPS) is 10.9. The predicted octanol–water partition coefficient (Wildman–Crippen LogP) is 0.795. The van der Waals surface area contributed by atoms with Gasteiger partial charge in [-0.3, -0.25) is 9.59 Å². The number of rotatable bonds is 16. The van der Waals surface area contributed by atoms with Crippen LogP contribution in [0.1, 0.15) is 20.7 Å². The number of hydrogen-bond acceptors (Lipinski definition) is 8. The first-order chi connectivity index (χ1) is 15.2.